The van der Waals surface area contributed by atoms with Gasteiger partial charge in [-0.15, -0.1) is 0 Å². The van der Waals surface area contributed by atoms with Crippen LogP contribution in [0.15, 0.2) is 41.0 Å². The summed E-state index contributed by atoms with van der Waals surface area (Å²) >= 11 is 0. The maximum absolute atomic E-state index is 12.8. The summed E-state index contributed by atoms with van der Waals surface area (Å²) in [6.45, 7) is 6.84. The molecule has 8 nitrogen and oxygen atoms in total. The van der Waals surface area contributed by atoms with Gasteiger partial charge in [0.15, 0.2) is 17.3 Å². The summed E-state index contributed by atoms with van der Waals surface area (Å²) < 4.78 is 16.4. The summed E-state index contributed by atoms with van der Waals surface area (Å²) in [7, 11) is 0. The molecule has 8 heteroatoms. The second-order valence-corrected chi connectivity index (χ2v) is 7.67. The molecule has 1 aromatic carbocycles. The van der Waals surface area contributed by atoms with Crippen LogP contribution in [-0.2, 0) is 5.54 Å². The lowest BCUT2D eigenvalue weighted by molar-refractivity contribution is 0.0630. The molecule has 154 valence electrons. The highest BCUT2D eigenvalue weighted by Crippen LogP contribution is 2.34. The van der Waals surface area contributed by atoms with E-state index < -0.39 is 5.54 Å². The number of rotatable bonds is 3. The zero-order valence-electron chi connectivity index (χ0n) is 16.6. The Bertz CT molecular complexity index is 886. The first kappa shape index (κ1) is 19.2. The summed E-state index contributed by atoms with van der Waals surface area (Å²) in [5, 5.41) is 3.09. The Labute approximate surface area is 169 Å². The fourth-order valence-corrected chi connectivity index (χ4v) is 3.52. The Hall–Kier alpha value is -3.16. The molecular weight excluding hydrogens is 374 g/mol. The van der Waals surface area contributed by atoms with Crippen LogP contribution >= 0.6 is 0 Å². The number of benzene rings is 1. The molecule has 0 bridgehead atoms. The lowest BCUT2D eigenvalue weighted by Crippen LogP contribution is -2.55. The molecule has 2 aliphatic rings. The summed E-state index contributed by atoms with van der Waals surface area (Å²) in [5.41, 5.74) is 0.343. The van der Waals surface area contributed by atoms with Crippen LogP contribution in [0.3, 0.4) is 0 Å². The lowest BCUT2D eigenvalue weighted by atomic mass is 9.94. The first-order chi connectivity index (χ1) is 13.9. The second-order valence-electron chi connectivity index (χ2n) is 7.67. The van der Waals surface area contributed by atoms with Crippen LogP contribution in [0.5, 0.6) is 11.5 Å². The SMILES string of the molecule is CC(C)(NC(=O)N1CCN(C(=O)c2ccco2)CC1)c1ccc2c(c1)OCCO2. The number of nitrogens with zero attached hydrogens (tertiary/aromatic N) is 2. The number of carbonyl (C=O) groups is 2. The molecule has 0 aliphatic carbocycles. The summed E-state index contributed by atoms with van der Waals surface area (Å²) in [5.74, 6) is 1.59. The van der Waals surface area contributed by atoms with Gasteiger partial charge in [-0.3, -0.25) is 4.79 Å². The molecule has 3 heterocycles. The molecule has 1 saturated heterocycles. The van der Waals surface area contributed by atoms with Gasteiger partial charge >= 0.3 is 6.03 Å². The average molecular weight is 399 g/mol. The van der Waals surface area contributed by atoms with Gasteiger partial charge in [0.2, 0.25) is 0 Å². The smallest absolute Gasteiger partial charge is 0.318 e. The zero-order valence-corrected chi connectivity index (χ0v) is 16.6. The Kier molecular flexibility index (Phi) is 5.08. The number of hydrogen-bond acceptors (Lipinski definition) is 5. The van der Waals surface area contributed by atoms with Gasteiger partial charge in [-0.25, -0.2) is 4.79 Å². The number of hydrogen-bond donors (Lipinski definition) is 1. The third kappa shape index (κ3) is 4.01. The van der Waals surface area contributed by atoms with E-state index in [1.807, 2.05) is 32.0 Å². The number of furan rings is 1. The maximum atomic E-state index is 12.8. The van der Waals surface area contributed by atoms with E-state index in [1.54, 1.807) is 21.9 Å². The van der Waals surface area contributed by atoms with E-state index in [9.17, 15) is 9.59 Å². The Morgan fingerprint density at radius 1 is 0.966 bits per heavy atom. The van der Waals surface area contributed by atoms with Gasteiger partial charge in [-0.2, -0.15) is 0 Å². The number of nitrogens with one attached hydrogen (secondary N) is 1. The highest BCUT2D eigenvalue weighted by Gasteiger charge is 2.30. The molecule has 1 fully saturated rings. The minimum Gasteiger partial charge on any atom is -0.486 e. The van der Waals surface area contributed by atoms with Crippen molar-refractivity contribution < 1.29 is 23.5 Å². The summed E-state index contributed by atoms with van der Waals surface area (Å²) in [4.78, 5) is 28.6. The van der Waals surface area contributed by atoms with E-state index in [0.717, 1.165) is 11.3 Å². The highest BCUT2D eigenvalue weighted by atomic mass is 16.6. The van der Waals surface area contributed by atoms with Crippen LogP contribution in [0.4, 0.5) is 4.79 Å². The molecule has 1 aromatic heterocycles. The van der Waals surface area contributed by atoms with Crippen LogP contribution in [0, 0.1) is 0 Å². The quantitative estimate of drug-likeness (QED) is 0.857. The third-order valence-electron chi connectivity index (χ3n) is 5.27. The van der Waals surface area contributed by atoms with Gasteiger partial charge in [0.25, 0.3) is 5.91 Å². The van der Waals surface area contributed by atoms with E-state index in [2.05, 4.69) is 5.32 Å². The molecular formula is C21H25N3O5. The van der Waals surface area contributed by atoms with Gasteiger partial charge in [0, 0.05) is 26.2 Å². The molecule has 0 spiro atoms. The predicted octanol–water partition coefficient (Wildman–Crippen LogP) is 2.45. The molecule has 4 rings (SSSR count). The van der Waals surface area contributed by atoms with E-state index in [0.29, 0.717) is 50.9 Å². The van der Waals surface area contributed by atoms with Crippen LogP contribution in [0.1, 0.15) is 30.0 Å². The third-order valence-corrected chi connectivity index (χ3v) is 5.27. The number of carbonyl (C=O) groups excluding carboxylic acids is 2. The van der Waals surface area contributed by atoms with E-state index in [-0.39, 0.29) is 11.9 Å². The minimum atomic E-state index is -0.589. The highest BCUT2D eigenvalue weighted by molar-refractivity contribution is 5.91. The molecule has 0 saturated carbocycles. The Morgan fingerprint density at radius 2 is 1.66 bits per heavy atom. The van der Waals surface area contributed by atoms with Gasteiger partial charge in [0.1, 0.15) is 13.2 Å². The van der Waals surface area contributed by atoms with Crippen LogP contribution in [0.2, 0.25) is 0 Å². The van der Waals surface area contributed by atoms with Crippen LogP contribution < -0.4 is 14.8 Å². The Balaban J connectivity index is 1.36. The number of amides is 3. The molecule has 0 unspecified atom stereocenters. The lowest BCUT2D eigenvalue weighted by Gasteiger charge is -2.37. The first-order valence-electron chi connectivity index (χ1n) is 9.74. The normalized spacial score (nSPS) is 16.5. The fraction of sp³-hybridized carbons (Fsp3) is 0.429. The van der Waals surface area contributed by atoms with E-state index in [4.69, 9.17) is 13.9 Å². The van der Waals surface area contributed by atoms with Crippen LogP contribution in [0.25, 0.3) is 0 Å². The standard InChI is InChI=1S/C21H25N3O5/c1-21(2,15-5-6-16-18(14-15)29-13-12-28-16)22-20(26)24-9-7-23(8-10-24)19(25)17-4-3-11-27-17/h3-6,11,14H,7-10,12-13H2,1-2H3,(H,22,26). The Morgan fingerprint density at radius 3 is 2.34 bits per heavy atom. The largest absolute Gasteiger partial charge is 0.486 e. The number of fused-ring (bicyclic) bond motifs is 1. The van der Waals surface area contributed by atoms with Crippen molar-refractivity contribution in [3.8, 4) is 11.5 Å². The molecule has 29 heavy (non-hydrogen) atoms. The van der Waals surface area contributed by atoms with Crippen LogP contribution in [-0.4, -0.2) is 61.1 Å². The van der Waals surface area contributed by atoms with Crippen molar-refractivity contribution >= 4 is 11.9 Å². The number of piperazine rings is 1. The molecule has 0 radical (unpaired) electrons. The van der Waals surface area contributed by atoms with E-state index in [1.165, 1.54) is 6.26 Å². The van der Waals surface area contributed by atoms with Gasteiger partial charge in [-0.05, 0) is 43.7 Å². The van der Waals surface area contributed by atoms with Crippen molar-refractivity contribution in [2.45, 2.75) is 19.4 Å². The van der Waals surface area contributed by atoms with Gasteiger partial charge < -0.3 is 29.0 Å². The monoisotopic (exact) mass is 399 g/mol. The van der Waals surface area contributed by atoms with Crippen molar-refractivity contribution in [2.24, 2.45) is 0 Å². The first-order valence-corrected chi connectivity index (χ1v) is 9.74. The zero-order chi connectivity index (χ0) is 20.4. The predicted molar refractivity (Wildman–Crippen MR) is 105 cm³/mol. The number of ether oxygens (including phenoxy) is 2. The van der Waals surface area contributed by atoms with Crippen molar-refractivity contribution in [1.82, 2.24) is 15.1 Å². The van der Waals surface area contributed by atoms with Crippen molar-refractivity contribution in [3.63, 3.8) is 0 Å². The fourth-order valence-electron chi connectivity index (χ4n) is 3.52. The average Bonchev–Trinajstić information content (AvgIpc) is 3.27. The second kappa shape index (κ2) is 7.69. The number of urea groups is 1. The van der Waals surface area contributed by atoms with Crippen molar-refractivity contribution in [2.75, 3.05) is 39.4 Å². The minimum absolute atomic E-state index is 0.147. The summed E-state index contributed by atoms with van der Waals surface area (Å²) in [6.07, 6.45) is 1.48. The molecule has 2 aliphatic heterocycles. The van der Waals surface area contributed by atoms with Gasteiger partial charge in [0.05, 0.1) is 11.8 Å². The van der Waals surface area contributed by atoms with Gasteiger partial charge in [-0.1, -0.05) is 6.07 Å². The van der Waals surface area contributed by atoms with Crippen molar-refractivity contribution in [1.29, 1.82) is 0 Å². The van der Waals surface area contributed by atoms with Crippen molar-refractivity contribution in [3.05, 3.63) is 47.9 Å². The molecule has 1 N–H and O–H groups in total. The van der Waals surface area contributed by atoms with E-state index >= 15 is 0 Å². The molecule has 0 atom stereocenters. The topological polar surface area (TPSA) is 84.3 Å². The maximum Gasteiger partial charge on any atom is 0.318 e. The summed E-state index contributed by atoms with van der Waals surface area (Å²) in [6, 6.07) is 8.91. The molecule has 2 aromatic rings. The molecule has 3 amide bonds.